The highest BCUT2D eigenvalue weighted by Gasteiger charge is 2.80. The number of hydrogen-bond acceptors (Lipinski definition) is 7. The molecular weight excluding hydrogens is 664 g/mol. The van der Waals surface area contributed by atoms with Gasteiger partial charge in [0.05, 0.1) is 24.3 Å². The molecule has 2 unspecified atom stereocenters. The number of aromatic nitrogens is 1. The van der Waals surface area contributed by atoms with Crippen LogP contribution in [0.5, 0.6) is 5.75 Å². The van der Waals surface area contributed by atoms with Crippen LogP contribution in [-0.2, 0) is 28.4 Å². The Morgan fingerprint density at radius 3 is 2.88 bits per heavy atom. The third kappa shape index (κ3) is 7.13. The van der Waals surface area contributed by atoms with E-state index in [0.717, 1.165) is 53.6 Å². The lowest BCUT2D eigenvalue weighted by molar-refractivity contribution is 0.0953. The number of halogens is 1. The summed E-state index contributed by atoms with van der Waals surface area (Å²) < 4.78 is 21.5. The van der Waals surface area contributed by atoms with Crippen LogP contribution >= 0.6 is 23.1 Å². The van der Waals surface area contributed by atoms with Gasteiger partial charge in [-0.1, -0.05) is 47.4 Å². The predicted molar refractivity (Wildman–Crippen MR) is 193 cm³/mol. The summed E-state index contributed by atoms with van der Waals surface area (Å²) in [4.78, 5) is 30.2. The van der Waals surface area contributed by atoms with E-state index >= 15 is 0 Å². The van der Waals surface area contributed by atoms with Crippen molar-refractivity contribution in [3.05, 3.63) is 86.9 Å². The van der Waals surface area contributed by atoms with Crippen LogP contribution in [0.3, 0.4) is 0 Å². The zero-order valence-corrected chi connectivity index (χ0v) is 30.1. The molecule has 48 heavy (non-hydrogen) atoms. The Morgan fingerprint density at radius 2 is 2.08 bits per heavy atom. The van der Waals surface area contributed by atoms with E-state index in [4.69, 9.17) is 25.4 Å². The van der Waals surface area contributed by atoms with Crippen molar-refractivity contribution in [2.45, 2.75) is 58.6 Å². The molecule has 3 heterocycles. The average Bonchev–Trinajstić information content (AvgIpc) is 3.87. The molecule has 2 fully saturated rings. The molecule has 3 aromatic rings. The fraction of sp³-hybridized carbons (Fsp3) is 0.486. The maximum Gasteiger partial charge on any atom is 0.283 e. The van der Waals surface area contributed by atoms with Gasteiger partial charge in [-0.2, -0.15) is 8.74 Å². The predicted octanol–water partition coefficient (Wildman–Crippen LogP) is 7.40. The van der Waals surface area contributed by atoms with Crippen molar-refractivity contribution in [3.8, 4) is 5.75 Å². The van der Waals surface area contributed by atoms with E-state index in [1.807, 2.05) is 38.3 Å². The molecule has 11 heteroatoms. The van der Waals surface area contributed by atoms with Gasteiger partial charge in [-0.05, 0) is 121 Å². The molecule has 2 amide bonds. The maximum absolute atomic E-state index is 13.9. The molecule has 0 saturated heterocycles. The monoisotopic (exact) mass is 706 g/mol. The first-order valence-electron chi connectivity index (χ1n) is 16.9. The second-order valence-corrected chi connectivity index (χ2v) is 17.0. The second-order valence-electron chi connectivity index (χ2n) is 13.8. The minimum atomic E-state index is -0.734. The first-order valence-corrected chi connectivity index (χ1v) is 19.5. The quantitative estimate of drug-likeness (QED) is 0.284. The zero-order chi connectivity index (χ0) is 33.4. The van der Waals surface area contributed by atoms with Crippen LogP contribution in [-0.4, -0.2) is 54.2 Å². The molecular formula is C37H43ClN4O4S2. The summed E-state index contributed by atoms with van der Waals surface area (Å²) in [5.74, 6) is 2.59. The number of carbonyl (C=O) groups excluding carboxylic acids is 2. The highest BCUT2D eigenvalue weighted by molar-refractivity contribution is 7.87. The molecule has 2 saturated carbocycles. The third-order valence-corrected chi connectivity index (χ3v) is 13.0. The number of benzene rings is 2. The minimum Gasteiger partial charge on any atom is -0.491 e. The Kier molecular flexibility index (Phi) is 9.79. The SMILES string of the molecule is CO[C@H]1/C=C/C[C@H](C)CS(CNC(=O)c2cc(C)sn2)=NC(=O)c2ccc3c(c2)N(Cc2ccc(Cl)cc2CCCCO3)C[C@]23CC2[C@@H]13. The Morgan fingerprint density at radius 1 is 1.21 bits per heavy atom. The first kappa shape index (κ1) is 33.4. The number of nitrogens with one attached hydrogen (secondary N) is 1. The van der Waals surface area contributed by atoms with Gasteiger partial charge in [-0.15, -0.1) is 0 Å². The third-order valence-electron chi connectivity index (χ3n) is 10.3. The molecule has 6 atom stereocenters. The summed E-state index contributed by atoms with van der Waals surface area (Å²) >= 11 is 7.78. The van der Waals surface area contributed by atoms with Crippen LogP contribution in [0.15, 0.2) is 59.0 Å². The largest absolute Gasteiger partial charge is 0.491 e. The van der Waals surface area contributed by atoms with Crippen LogP contribution in [0.25, 0.3) is 0 Å². The molecule has 2 aliphatic heterocycles. The van der Waals surface area contributed by atoms with Crippen LogP contribution in [0, 0.1) is 30.1 Å². The van der Waals surface area contributed by atoms with Crippen molar-refractivity contribution in [2.24, 2.45) is 27.5 Å². The van der Waals surface area contributed by atoms with Gasteiger partial charge in [-0.3, -0.25) is 9.59 Å². The Hall–Kier alpha value is -3.05. The van der Waals surface area contributed by atoms with E-state index in [1.165, 1.54) is 29.1 Å². The smallest absolute Gasteiger partial charge is 0.283 e. The van der Waals surface area contributed by atoms with Gasteiger partial charge in [0.25, 0.3) is 11.8 Å². The number of anilines is 1. The summed E-state index contributed by atoms with van der Waals surface area (Å²) in [5, 5.41) is 3.75. The standard InChI is InChI=1S/C37H43ClN4O4S2/c1-23-7-6-9-33(45-3)34-29-18-37(29,34)21-42-19-27-10-12-28(38)16-25(27)8-4-5-14-46-32-13-11-26(17-31(32)42)35(43)41-48(20-23)22-39-36(44)30-15-24(2)47-40-30/h6,9-13,15-17,23,29,33-34H,4-5,7-8,14,18-22H2,1-3H3,(H,39,44)/b9-6+/t23-,29?,33-,34-,37+,48?/m0/s1. The van der Waals surface area contributed by atoms with Crippen molar-refractivity contribution in [3.63, 3.8) is 0 Å². The average molecular weight is 707 g/mol. The second kappa shape index (κ2) is 14.1. The highest BCUT2D eigenvalue weighted by atomic mass is 35.5. The number of nitrogens with zero attached hydrogens (tertiary/aromatic N) is 3. The number of rotatable bonds is 4. The number of fused-ring (bicyclic) bond motifs is 3. The molecule has 0 radical (unpaired) electrons. The Balaban J connectivity index is 1.26. The zero-order valence-electron chi connectivity index (χ0n) is 27.7. The van der Waals surface area contributed by atoms with E-state index in [1.54, 1.807) is 6.07 Å². The summed E-state index contributed by atoms with van der Waals surface area (Å²) in [6.07, 6.45) is 9.44. The molecule has 254 valence electrons. The number of aryl methyl sites for hydroxylation is 2. The van der Waals surface area contributed by atoms with Gasteiger partial charge in [0.15, 0.2) is 0 Å². The van der Waals surface area contributed by atoms with Crippen molar-refractivity contribution in [1.29, 1.82) is 0 Å². The number of methoxy groups -OCH3 is 1. The lowest BCUT2D eigenvalue weighted by atomic mass is 9.96. The number of carbonyl (C=O) groups is 2. The van der Waals surface area contributed by atoms with E-state index in [2.05, 4.69) is 45.8 Å². The van der Waals surface area contributed by atoms with E-state index in [-0.39, 0.29) is 35.1 Å². The number of allylic oxidation sites excluding steroid dienone is 1. The van der Waals surface area contributed by atoms with Crippen LogP contribution in [0.4, 0.5) is 5.69 Å². The van der Waals surface area contributed by atoms with E-state index < -0.39 is 10.7 Å². The number of amides is 2. The van der Waals surface area contributed by atoms with E-state index in [9.17, 15) is 9.59 Å². The van der Waals surface area contributed by atoms with Gasteiger partial charge in [-0.25, -0.2) is 0 Å². The van der Waals surface area contributed by atoms with Crippen LogP contribution < -0.4 is 15.0 Å². The highest BCUT2D eigenvalue weighted by Crippen LogP contribution is 2.81. The van der Waals surface area contributed by atoms with Crippen molar-refractivity contribution in [1.82, 2.24) is 9.69 Å². The Labute approximate surface area is 294 Å². The van der Waals surface area contributed by atoms with Gasteiger partial charge < -0.3 is 19.7 Å². The minimum absolute atomic E-state index is 0.0614. The fourth-order valence-corrected chi connectivity index (χ4v) is 9.92. The Bertz CT molecular complexity index is 1780. The van der Waals surface area contributed by atoms with Crippen LogP contribution in [0.2, 0.25) is 5.02 Å². The molecule has 2 aromatic carbocycles. The summed E-state index contributed by atoms with van der Waals surface area (Å²) in [6.45, 7) is 6.25. The van der Waals surface area contributed by atoms with Gasteiger partial charge in [0.1, 0.15) is 11.4 Å². The van der Waals surface area contributed by atoms with Gasteiger partial charge in [0, 0.05) is 41.4 Å². The van der Waals surface area contributed by atoms with E-state index in [0.29, 0.717) is 42.0 Å². The molecule has 1 aromatic heterocycles. The maximum atomic E-state index is 13.9. The molecule has 1 N–H and O–H groups in total. The first-order chi connectivity index (χ1) is 23.2. The number of hydrogen-bond donors (Lipinski definition) is 1. The van der Waals surface area contributed by atoms with Crippen molar-refractivity contribution in [2.75, 3.05) is 36.8 Å². The summed E-state index contributed by atoms with van der Waals surface area (Å²) in [5.41, 5.74) is 4.54. The summed E-state index contributed by atoms with van der Waals surface area (Å²) in [7, 11) is 1.08. The normalized spacial score (nSPS) is 29.1. The lowest BCUT2D eigenvalue weighted by Gasteiger charge is -2.31. The fourth-order valence-electron chi connectivity index (χ4n) is 7.49. The van der Waals surface area contributed by atoms with Crippen molar-refractivity contribution < 1.29 is 19.1 Å². The van der Waals surface area contributed by atoms with Crippen LogP contribution in [0.1, 0.15) is 69.5 Å². The number of ether oxygens (including phenoxy) is 2. The molecule has 8 nitrogen and oxygen atoms in total. The summed E-state index contributed by atoms with van der Waals surface area (Å²) in [6, 6.07) is 13.8. The molecule has 2 bridgehead atoms. The van der Waals surface area contributed by atoms with Crippen molar-refractivity contribution >= 4 is 51.3 Å². The topological polar surface area (TPSA) is 93.1 Å². The lowest BCUT2D eigenvalue weighted by Crippen LogP contribution is -2.32. The molecule has 7 rings (SSSR count). The van der Waals surface area contributed by atoms with Gasteiger partial charge in [0.2, 0.25) is 0 Å². The molecule has 1 spiro atoms. The van der Waals surface area contributed by atoms with Gasteiger partial charge >= 0.3 is 0 Å². The molecule has 4 aliphatic rings. The molecule has 2 aliphatic carbocycles.